The Hall–Kier alpha value is -0.350. The molecule has 1 atom stereocenters. The van der Waals surface area contributed by atoms with E-state index in [0.717, 1.165) is 19.5 Å². The SMILES string of the molecule is CNC1CCCN(Cc2cccc(Cl)c2F)C1.Cl. The summed E-state index contributed by atoms with van der Waals surface area (Å²) in [7, 11) is 1.98. The smallest absolute Gasteiger partial charge is 0.146 e. The number of likely N-dealkylation sites (N-methyl/N-ethyl adjacent to an activating group) is 1. The normalized spacial score (nSPS) is 20.5. The maximum Gasteiger partial charge on any atom is 0.146 e. The summed E-state index contributed by atoms with van der Waals surface area (Å²) >= 11 is 5.78. The maximum absolute atomic E-state index is 13.8. The van der Waals surface area contributed by atoms with Gasteiger partial charge in [-0.1, -0.05) is 23.7 Å². The number of hydrogen-bond donors (Lipinski definition) is 1. The van der Waals surface area contributed by atoms with Crippen molar-refractivity contribution < 1.29 is 4.39 Å². The molecular formula is C13H19Cl2FN2. The minimum Gasteiger partial charge on any atom is -0.316 e. The van der Waals surface area contributed by atoms with E-state index in [1.165, 1.54) is 6.42 Å². The molecule has 0 spiro atoms. The van der Waals surface area contributed by atoms with E-state index in [4.69, 9.17) is 11.6 Å². The van der Waals surface area contributed by atoms with Crippen LogP contribution in [0, 0.1) is 5.82 Å². The van der Waals surface area contributed by atoms with Crippen LogP contribution in [0.3, 0.4) is 0 Å². The molecule has 1 saturated heterocycles. The highest BCUT2D eigenvalue weighted by Gasteiger charge is 2.19. The van der Waals surface area contributed by atoms with Crippen LogP contribution in [-0.4, -0.2) is 31.1 Å². The van der Waals surface area contributed by atoms with Gasteiger partial charge in [-0.2, -0.15) is 0 Å². The highest BCUT2D eigenvalue weighted by molar-refractivity contribution is 6.30. The zero-order valence-corrected chi connectivity index (χ0v) is 12.0. The number of piperidine rings is 1. The molecule has 0 aliphatic carbocycles. The minimum atomic E-state index is -0.277. The Labute approximate surface area is 119 Å². The molecule has 5 heteroatoms. The summed E-state index contributed by atoms with van der Waals surface area (Å²) in [6, 6.07) is 5.73. The molecule has 1 N–H and O–H groups in total. The third-order valence-corrected chi connectivity index (χ3v) is 3.63. The Morgan fingerprint density at radius 2 is 2.28 bits per heavy atom. The summed E-state index contributed by atoms with van der Waals surface area (Å²) in [6.45, 7) is 2.65. The number of likely N-dealkylation sites (tertiary alicyclic amines) is 1. The predicted octanol–water partition coefficient (Wildman–Crippen LogP) is 3.08. The molecule has 2 nitrogen and oxygen atoms in total. The zero-order valence-electron chi connectivity index (χ0n) is 10.5. The second-order valence-electron chi connectivity index (χ2n) is 4.58. The van der Waals surface area contributed by atoms with Crippen LogP contribution in [-0.2, 0) is 6.54 Å². The van der Waals surface area contributed by atoms with Gasteiger partial charge in [0, 0.05) is 24.7 Å². The van der Waals surface area contributed by atoms with Crippen molar-refractivity contribution in [3.8, 4) is 0 Å². The fourth-order valence-corrected chi connectivity index (χ4v) is 2.54. The topological polar surface area (TPSA) is 15.3 Å². The van der Waals surface area contributed by atoms with Crippen molar-refractivity contribution in [1.29, 1.82) is 0 Å². The van der Waals surface area contributed by atoms with E-state index in [-0.39, 0.29) is 23.2 Å². The van der Waals surface area contributed by atoms with E-state index in [2.05, 4.69) is 10.2 Å². The van der Waals surface area contributed by atoms with Crippen molar-refractivity contribution in [2.45, 2.75) is 25.4 Å². The minimum absolute atomic E-state index is 0. The van der Waals surface area contributed by atoms with Gasteiger partial charge in [-0.05, 0) is 32.5 Å². The van der Waals surface area contributed by atoms with Crippen LogP contribution in [0.2, 0.25) is 5.02 Å². The molecule has 0 aromatic heterocycles. The van der Waals surface area contributed by atoms with Crippen LogP contribution < -0.4 is 5.32 Å². The molecule has 0 radical (unpaired) electrons. The third-order valence-electron chi connectivity index (χ3n) is 3.34. The quantitative estimate of drug-likeness (QED) is 0.921. The van der Waals surface area contributed by atoms with Crippen LogP contribution in [0.4, 0.5) is 4.39 Å². The Bertz CT molecular complexity index is 387. The molecule has 1 aromatic rings. The maximum atomic E-state index is 13.8. The summed E-state index contributed by atoms with van der Waals surface area (Å²) in [5.74, 6) is -0.277. The number of nitrogens with zero attached hydrogens (tertiary/aromatic N) is 1. The number of halogens is 3. The van der Waals surface area contributed by atoms with Crippen LogP contribution in [0.15, 0.2) is 18.2 Å². The number of rotatable bonds is 3. The lowest BCUT2D eigenvalue weighted by Crippen LogP contribution is -2.43. The van der Waals surface area contributed by atoms with E-state index in [1.54, 1.807) is 12.1 Å². The van der Waals surface area contributed by atoms with Crippen molar-refractivity contribution in [3.05, 3.63) is 34.6 Å². The van der Waals surface area contributed by atoms with Crippen LogP contribution in [0.1, 0.15) is 18.4 Å². The first kappa shape index (κ1) is 15.7. The first-order chi connectivity index (χ1) is 8.20. The lowest BCUT2D eigenvalue weighted by molar-refractivity contribution is 0.186. The van der Waals surface area contributed by atoms with Crippen LogP contribution in [0.5, 0.6) is 0 Å². The van der Waals surface area contributed by atoms with Gasteiger partial charge in [0.1, 0.15) is 5.82 Å². The second kappa shape index (κ2) is 7.29. The molecule has 1 aliphatic rings. The number of hydrogen-bond acceptors (Lipinski definition) is 2. The summed E-state index contributed by atoms with van der Waals surface area (Å²) in [4.78, 5) is 2.28. The van der Waals surface area contributed by atoms with E-state index < -0.39 is 0 Å². The molecule has 1 aromatic carbocycles. The van der Waals surface area contributed by atoms with E-state index in [0.29, 0.717) is 18.2 Å². The molecule has 102 valence electrons. The second-order valence-corrected chi connectivity index (χ2v) is 4.98. The molecule has 1 aliphatic heterocycles. The highest BCUT2D eigenvalue weighted by Crippen LogP contribution is 2.20. The summed E-state index contributed by atoms with van der Waals surface area (Å²) in [5, 5.41) is 3.50. The molecule has 1 unspecified atom stereocenters. The van der Waals surface area contributed by atoms with Gasteiger partial charge in [-0.15, -0.1) is 12.4 Å². The molecule has 0 bridgehead atoms. The average molecular weight is 293 g/mol. The summed E-state index contributed by atoms with van der Waals surface area (Å²) in [6.07, 6.45) is 2.36. The first-order valence-corrected chi connectivity index (χ1v) is 6.41. The van der Waals surface area contributed by atoms with Gasteiger partial charge in [0.2, 0.25) is 0 Å². The van der Waals surface area contributed by atoms with E-state index in [1.807, 2.05) is 13.1 Å². The third kappa shape index (κ3) is 3.82. The molecule has 1 fully saturated rings. The van der Waals surface area contributed by atoms with Gasteiger partial charge < -0.3 is 5.32 Å². The van der Waals surface area contributed by atoms with Crippen molar-refractivity contribution in [1.82, 2.24) is 10.2 Å². The molecule has 0 amide bonds. The lowest BCUT2D eigenvalue weighted by atomic mass is 10.0. The Morgan fingerprint density at radius 1 is 1.50 bits per heavy atom. The van der Waals surface area contributed by atoms with E-state index >= 15 is 0 Å². The fourth-order valence-electron chi connectivity index (χ4n) is 2.35. The summed E-state index contributed by atoms with van der Waals surface area (Å²) < 4.78 is 13.8. The molecule has 2 rings (SSSR count). The van der Waals surface area contributed by atoms with Gasteiger partial charge in [0.25, 0.3) is 0 Å². The molecule has 18 heavy (non-hydrogen) atoms. The van der Waals surface area contributed by atoms with Gasteiger partial charge >= 0.3 is 0 Å². The van der Waals surface area contributed by atoms with Gasteiger partial charge in [-0.3, -0.25) is 4.90 Å². The van der Waals surface area contributed by atoms with Crippen molar-refractivity contribution in [2.24, 2.45) is 0 Å². The summed E-state index contributed by atoms with van der Waals surface area (Å²) in [5.41, 5.74) is 0.689. The van der Waals surface area contributed by atoms with Crippen molar-refractivity contribution in [3.63, 3.8) is 0 Å². The largest absolute Gasteiger partial charge is 0.316 e. The lowest BCUT2D eigenvalue weighted by Gasteiger charge is -2.32. The van der Waals surface area contributed by atoms with E-state index in [9.17, 15) is 4.39 Å². The highest BCUT2D eigenvalue weighted by atomic mass is 35.5. The van der Waals surface area contributed by atoms with Crippen LogP contribution in [0.25, 0.3) is 0 Å². The Balaban J connectivity index is 0.00000162. The monoisotopic (exact) mass is 292 g/mol. The fraction of sp³-hybridized carbons (Fsp3) is 0.538. The Morgan fingerprint density at radius 3 is 3.00 bits per heavy atom. The molecular weight excluding hydrogens is 274 g/mol. The Kier molecular flexibility index (Phi) is 6.36. The predicted molar refractivity (Wildman–Crippen MR) is 76.0 cm³/mol. The van der Waals surface area contributed by atoms with Crippen molar-refractivity contribution in [2.75, 3.05) is 20.1 Å². The van der Waals surface area contributed by atoms with Gasteiger partial charge in [-0.25, -0.2) is 4.39 Å². The number of nitrogens with one attached hydrogen (secondary N) is 1. The zero-order chi connectivity index (χ0) is 12.3. The number of benzene rings is 1. The standard InChI is InChI=1S/C13H18ClFN2.ClH/c1-16-11-5-3-7-17(9-11)8-10-4-2-6-12(14)13(10)15;/h2,4,6,11,16H,3,5,7-9H2,1H3;1H. The van der Waals surface area contributed by atoms with Gasteiger partial charge in [0.05, 0.1) is 5.02 Å². The molecule has 0 saturated carbocycles. The average Bonchev–Trinajstić information content (AvgIpc) is 2.35. The molecule has 1 heterocycles. The van der Waals surface area contributed by atoms with Gasteiger partial charge in [0.15, 0.2) is 0 Å². The van der Waals surface area contributed by atoms with Crippen molar-refractivity contribution >= 4 is 24.0 Å². The van der Waals surface area contributed by atoms with Crippen LogP contribution >= 0.6 is 24.0 Å². The first-order valence-electron chi connectivity index (χ1n) is 6.03.